The van der Waals surface area contributed by atoms with Crippen molar-refractivity contribution in [2.24, 2.45) is 0 Å². The van der Waals surface area contributed by atoms with Gasteiger partial charge in [0.15, 0.2) is 0 Å². The van der Waals surface area contributed by atoms with Crippen LogP contribution >= 0.6 is 0 Å². The lowest BCUT2D eigenvalue weighted by atomic mass is 10.0. The van der Waals surface area contributed by atoms with Gasteiger partial charge in [-0.2, -0.15) is 0 Å². The van der Waals surface area contributed by atoms with E-state index in [1.54, 1.807) is 0 Å². The molecule has 1 atom stereocenters. The predicted octanol–water partition coefficient (Wildman–Crippen LogP) is 3.52. The van der Waals surface area contributed by atoms with E-state index >= 15 is 0 Å². The maximum Gasteiger partial charge on any atom is 0.145 e. The number of para-hydroxylation sites is 1. The van der Waals surface area contributed by atoms with Gasteiger partial charge in [0, 0.05) is 6.54 Å². The molecule has 2 aliphatic heterocycles. The van der Waals surface area contributed by atoms with Crippen molar-refractivity contribution in [1.82, 2.24) is 0 Å². The molecule has 1 unspecified atom stereocenters. The molecule has 4 nitrogen and oxygen atoms in total. The molecular formula is C19H22N2O2. The Bertz CT molecular complexity index is 742. The van der Waals surface area contributed by atoms with Crippen LogP contribution in [0.5, 0.6) is 11.5 Å². The first-order valence-corrected chi connectivity index (χ1v) is 8.20. The number of ether oxygens (including phenoxy) is 2. The molecule has 0 amide bonds. The van der Waals surface area contributed by atoms with E-state index in [-0.39, 0.29) is 6.04 Å². The second-order valence-electron chi connectivity index (χ2n) is 6.37. The fraction of sp³-hybridized carbons (Fsp3) is 0.368. The predicted molar refractivity (Wildman–Crippen MR) is 93.0 cm³/mol. The van der Waals surface area contributed by atoms with E-state index in [9.17, 15) is 0 Å². The summed E-state index contributed by atoms with van der Waals surface area (Å²) in [7, 11) is 0. The van der Waals surface area contributed by atoms with E-state index in [0.717, 1.165) is 42.4 Å². The van der Waals surface area contributed by atoms with E-state index in [4.69, 9.17) is 9.47 Å². The minimum Gasteiger partial charge on any atom is -0.489 e. The molecule has 0 bridgehead atoms. The van der Waals surface area contributed by atoms with Gasteiger partial charge in [-0.25, -0.2) is 0 Å². The molecule has 4 rings (SSSR count). The maximum atomic E-state index is 5.98. The van der Waals surface area contributed by atoms with Gasteiger partial charge in [-0.1, -0.05) is 18.2 Å². The standard InChI is InChI=1S/C19H22N2O2/c1-12-4-3-5-16-18(12)23-11-15(21-16)9-14-8-13(2)19-17(10-14)20-6-7-22-19/h3-5,8,10,15,20-21H,6-7,9,11H2,1-2H3. The highest BCUT2D eigenvalue weighted by atomic mass is 16.5. The van der Waals surface area contributed by atoms with Crippen LogP contribution in [-0.2, 0) is 6.42 Å². The van der Waals surface area contributed by atoms with Gasteiger partial charge >= 0.3 is 0 Å². The number of hydrogen-bond acceptors (Lipinski definition) is 4. The average Bonchev–Trinajstić information content (AvgIpc) is 2.55. The van der Waals surface area contributed by atoms with Gasteiger partial charge in [0.25, 0.3) is 0 Å². The van der Waals surface area contributed by atoms with Crippen molar-refractivity contribution in [1.29, 1.82) is 0 Å². The lowest BCUT2D eigenvalue weighted by Gasteiger charge is -2.29. The smallest absolute Gasteiger partial charge is 0.145 e. The van der Waals surface area contributed by atoms with Crippen molar-refractivity contribution in [2.45, 2.75) is 26.3 Å². The molecule has 0 saturated heterocycles. The average molecular weight is 310 g/mol. The lowest BCUT2D eigenvalue weighted by molar-refractivity contribution is 0.281. The molecule has 2 aromatic rings. The van der Waals surface area contributed by atoms with Crippen molar-refractivity contribution < 1.29 is 9.47 Å². The molecule has 0 saturated carbocycles. The lowest BCUT2D eigenvalue weighted by Crippen LogP contribution is -2.33. The maximum absolute atomic E-state index is 5.98. The Morgan fingerprint density at radius 3 is 2.83 bits per heavy atom. The summed E-state index contributed by atoms with van der Waals surface area (Å²) in [5.74, 6) is 1.98. The molecule has 2 aromatic carbocycles. The summed E-state index contributed by atoms with van der Waals surface area (Å²) in [5.41, 5.74) is 5.88. The number of aryl methyl sites for hydroxylation is 2. The van der Waals surface area contributed by atoms with Crippen molar-refractivity contribution >= 4 is 11.4 Å². The van der Waals surface area contributed by atoms with Crippen LogP contribution in [0.4, 0.5) is 11.4 Å². The Morgan fingerprint density at radius 2 is 1.91 bits per heavy atom. The van der Waals surface area contributed by atoms with E-state index in [0.29, 0.717) is 6.61 Å². The first-order valence-electron chi connectivity index (χ1n) is 8.20. The van der Waals surface area contributed by atoms with Crippen LogP contribution in [-0.4, -0.2) is 25.8 Å². The fourth-order valence-corrected chi connectivity index (χ4v) is 3.43. The van der Waals surface area contributed by atoms with Gasteiger partial charge in [0.05, 0.1) is 17.4 Å². The highest BCUT2D eigenvalue weighted by Crippen LogP contribution is 2.35. The van der Waals surface area contributed by atoms with Gasteiger partial charge in [-0.3, -0.25) is 0 Å². The summed E-state index contributed by atoms with van der Waals surface area (Å²) in [6.45, 7) is 6.49. The number of benzene rings is 2. The van der Waals surface area contributed by atoms with Gasteiger partial charge < -0.3 is 20.1 Å². The van der Waals surface area contributed by atoms with E-state index in [1.807, 2.05) is 0 Å². The largest absolute Gasteiger partial charge is 0.489 e. The summed E-state index contributed by atoms with van der Waals surface area (Å²) in [6, 6.07) is 10.9. The number of anilines is 2. The molecule has 2 aliphatic rings. The van der Waals surface area contributed by atoms with Gasteiger partial charge in [-0.15, -0.1) is 0 Å². The molecule has 0 aliphatic carbocycles. The Labute approximate surface area is 136 Å². The molecule has 23 heavy (non-hydrogen) atoms. The molecule has 120 valence electrons. The Morgan fingerprint density at radius 1 is 1.04 bits per heavy atom. The van der Waals surface area contributed by atoms with Crippen molar-refractivity contribution in [3.63, 3.8) is 0 Å². The van der Waals surface area contributed by atoms with E-state index in [1.165, 1.54) is 16.7 Å². The fourth-order valence-electron chi connectivity index (χ4n) is 3.43. The zero-order valence-corrected chi connectivity index (χ0v) is 13.6. The van der Waals surface area contributed by atoms with Crippen LogP contribution in [0.2, 0.25) is 0 Å². The summed E-state index contributed by atoms with van der Waals surface area (Å²) in [5, 5.41) is 7.04. The van der Waals surface area contributed by atoms with Crippen molar-refractivity contribution in [3.05, 3.63) is 47.0 Å². The minimum absolute atomic E-state index is 0.284. The van der Waals surface area contributed by atoms with Gasteiger partial charge in [-0.05, 0) is 49.1 Å². The van der Waals surface area contributed by atoms with Gasteiger partial charge in [0.1, 0.15) is 24.7 Å². The molecular weight excluding hydrogens is 288 g/mol. The van der Waals surface area contributed by atoms with E-state index < -0.39 is 0 Å². The van der Waals surface area contributed by atoms with Crippen LogP contribution in [0.15, 0.2) is 30.3 Å². The third kappa shape index (κ3) is 2.69. The molecule has 0 aromatic heterocycles. The van der Waals surface area contributed by atoms with Crippen LogP contribution < -0.4 is 20.1 Å². The third-order valence-corrected chi connectivity index (χ3v) is 4.48. The Balaban J connectivity index is 1.54. The van der Waals surface area contributed by atoms with Crippen molar-refractivity contribution in [2.75, 3.05) is 30.4 Å². The molecule has 0 spiro atoms. The highest BCUT2D eigenvalue weighted by molar-refractivity contribution is 5.64. The SMILES string of the molecule is Cc1cc(CC2COc3c(C)cccc3N2)cc2c1OCCN2. The topological polar surface area (TPSA) is 42.5 Å². The third-order valence-electron chi connectivity index (χ3n) is 4.48. The second-order valence-corrected chi connectivity index (χ2v) is 6.37. The van der Waals surface area contributed by atoms with Crippen LogP contribution in [0.3, 0.4) is 0 Å². The first kappa shape index (κ1) is 14.2. The molecule has 0 fully saturated rings. The summed E-state index contributed by atoms with van der Waals surface area (Å²) >= 11 is 0. The molecule has 2 heterocycles. The highest BCUT2D eigenvalue weighted by Gasteiger charge is 2.21. The summed E-state index contributed by atoms with van der Waals surface area (Å²) < 4.78 is 11.7. The van der Waals surface area contributed by atoms with Crippen LogP contribution in [0.25, 0.3) is 0 Å². The van der Waals surface area contributed by atoms with Crippen LogP contribution in [0.1, 0.15) is 16.7 Å². The summed E-state index contributed by atoms with van der Waals surface area (Å²) in [4.78, 5) is 0. The normalized spacial score (nSPS) is 18.6. The second kappa shape index (κ2) is 5.69. The Kier molecular flexibility index (Phi) is 3.52. The minimum atomic E-state index is 0.284. The number of nitrogens with one attached hydrogen (secondary N) is 2. The van der Waals surface area contributed by atoms with Crippen LogP contribution in [0, 0.1) is 13.8 Å². The van der Waals surface area contributed by atoms with Crippen molar-refractivity contribution in [3.8, 4) is 11.5 Å². The number of fused-ring (bicyclic) bond motifs is 2. The molecule has 0 radical (unpaired) electrons. The summed E-state index contributed by atoms with van der Waals surface area (Å²) in [6.07, 6.45) is 0.934. The Hall–Kier alpha value is -2.36. The molecule has 4 heteroatoms. The zero-order valence-electron chi connectivity index (χ0n) is 13.6. The van der Waals surface area contributed by atoms with Gasteiger partial charge in [0.2, 0.25) is 0 Å². The number of rotatable bonds is 2. The number of hydrogen-bond donors (Lipinski definition) is 2. The van der Waals surface area contributed by atoms with E-state index in [2.05, 4.69) is 54.8 Å². The quantitative estimate of drug-likeness (QED) is 0.890. The molecule has 2 N–H and O–H groups in total. The zero-order chi connectivity index (χ0) is 15.8. The first-order chi connectivity index (χ1) is 11.2. The monoisotopic (exact) mass is 310 g/mol.